The average molecular weight is 298 g/mol. The molecular formula is C17H22N4O. The van der Waals surface area contributed by atoms with E-state index in [9.17, 15) is 4.79 Å². The molecule has 0 aliphatic carbocycles. The van der Waals surface area contributed by atoms with Crippen LogP contribution in [0.25, 0.3) is 10.9 Å². The third kappa shape index (κ3) is 3.04. The summed E-state index contributed by atoms with van der Waals surface area (Å²) in [6, 6.07) is 10.2. The monoisotopic (exact) mass is 298 g/mol. The smallest absolute Gasteiger partial charge is 0.305 e. The molecule has 1 aromatic carbocycles. The lowest BCUT2D eigenvalue weighted by Gasteiger charge is -2.38. The first-order chi connectivity index (χ1) is 10.6. The zero-order chi connectivity index (χ0) is 15.5. The molecule has 1 aromatic heterocycles. The van der Waals surface area contributed by atoms with Crippen molar-refractivity contribution in [2.45, 2.75) is 45.2 Å². The molecule has 1 fully saturated rings. The molecule has 0 spiro atoms. The normalized spacial score (nSPS) is 22.5. The second kappa shape index (κ2) is 6.32. The van der Waals surface area contributed by atoms with Crippen LogP contribution < -0.4 is 10.7 Å². The number of hydrazine groups is 1. The van der Waals surface area contributed by atoms with Crippen molar-refractivity contribution in [3.8, 4) is 0 Å². The number of para-hydroxylation sites is 1. The van der Waals surface area contributed by atoms with Crippen LogP contribution in [-0.4, -0.2) is 28.1 Å². The number of hydrogen-bond acceptors (Lipinski definition) is 3. The molecule has 1 aliphatic heterocycles. The Morgan fingerprint density at radius 1 is 1.18 bits per heavy atom. The maximum atomic E-state index is 12.3. The minimum atomic E-state index is -0.209. The molecule has 2 unspecified atom stereocenters. The number of nitrogens with one attached hydrogen (secondary N) is 2. The Morgan fingerprint density at radius 3 is 2.68 bits per heavy atom. The van der Waals surface area contributed by atoms with Crippen LogP contribution in [0.2, 0.25) is 0 Å². The van der Waals surface area contributed by atoms with Crippen LogP contribution in [0.1, 0.15) is 33.1 Å². The van der Waals surface area contributed by atoms with E-state index in [2.05, 4.69) is 34.6 Å². The van der Waals surface area contributed by atoms with Gasteiger partial charge in [0, 0.05) is 23.7 Å². The van der Waals surface area contributed by atoms with Gasteiger partial charge in [0.2, 0.25) is 0 Å². The van der Waals surface area contributed by atoms with Gasteiger partial charge in [-0.2, -0.15) is 0 Å². The van der Waals surface area contributed by atoms with Gasteiger partial charge in [-0.3, -0.25) is 10.4 Å². The number of nitrogens with zero attached hydrogens (tertiary/aromatic N) is 2. The molecule has 2 amide bonds. The summed E-state index contributed by atoms with van der Waals surface area (Å²) in [6.07, 6.45) is 5.18. The quantitative estimate of drug-likeness (QED) is 0.891. The van der Waals surface area contributed by atoms with Crippen molar-refractivity contribution in [1.82, 2.24) is 15.4 Å². The van der Waals surface area contributed by atoms with E-state index in [0.717, 1.165) is 29.4 Å². The highest BCUT2D eigenvalue weighted by molar-refractivity contribution is 5.99. The van der Waals surface area contributed by atoms with Gasteiger partial charge in [0.25, 0.3) is 0 Å². The topological polar surface area (TPSA) is 57.3 Å². The summed E-state index contributed by atoms with van der Waals surface area (Å²) in [6.45, 7) is 4.30. The zero-order valence-electron chi connectivity index (χ0n) is 13.0. The molecule has 5 heteroatoms. The molecule has 2 atom stereocenters. The van der Waals surface area contributed by atoms with E-state index in [1.165, 1.54) is 6.42 Å². The molecule has 0 radical (unpaired) electrons. The van der Waals surface area contributed by atoms with Crippen molar-refractivity contribution in [2.24, 2.45) is 0 Å². The Morgan fingerprint density at radius 2 is 1.91 bits per heavy atom. The Hall–Kier alpha value is -2.14. The highest BCUT2D eigenvalue weighted by atomic mass is 16.2. The molecule has 2 N–H and O–H groups in total. The maximum absolute atomic E-state index is 12.3. The molecule has 116 valence electrons. The fourth-order valence-electron chi connectivity index (χ4n) is 3.11. The lowest BCUT2D eigenvalue weighted by Crippen LogP contribution is -2.55. The van der Waals surface area contributed by atoms with Crippen molar-refractivity contribution < 1.29 is 4.79 Å². The van der Waals surface area contributed by atoms with Crippen LogP contribution in [0, 0.1) is 0 Å². The first-order valence-electron chi connectivity index (χ1n) is 7.85. The van der Waals surface area contributed by atoms with Crippen LogP contribution in [0.4, 0.5) is 10.5 Å². The number of urea groups is 1. The largest absolute Gasteiger partial charge is 0.333 e. The fraction of sp³-hybridized carbons (Fsp3) is 0.412. The predicted octanol–water partition coefficient (Wildman–Crippen LogP) is 3.53. The molecule has 2 aromatic rings. The van der Waals surface area contributed by atoms with Gasteiger partial charge in [0.15, 0.2) is 0 Å². The third-order valence-electron chi connectivity index (χ3n) is 4.31. The second-order valence-corrected chi connectivity index (χ2v) is 5.98. The van der Waals surface area contributed by atoms with E-state index in [0.29, 0.717) is 12.1 Å². The number of pyridine rings is 1. The van der Waals surface area contributed by atoms with E-state index in [1.54, 1.807) is 6.20 Å². The number of piperidine rings is 1. The predicted molar refractivity (Wildman–Crippen MR) is 88.5 cm³/mol. The van der Waals surface area contributed by atoms with Crippen LogP contribution in [-0.2, 0) is 0 Å². The van der Waals surface area contributed by atoms with Crippen LogP contribution in [0.15, 0.2) is 36.5 Å². The van der Waals surface area contributed by atoms with E-state index in [-0.39, 0.29) is 6.03 Å². The minimum absolute atomic E-state index is 0.209. The molecule has 0 saturated carbocycles. The third-order valence-corrected chi connectivity index (χ3v) is 4.31. The summed E-state index contributed by atoms with van der Waals surface area (Å²) in [5.74, 6) is 0. The molecule has 2 heterocycles. The van der Waals surface area contributed by atoms with Gasteiger partial charge in [-0.1, -0.05) is 24.6 Å². The first kappa shape index (κ1) is 14.8. The number of anilines is 1. The van der Waals surface area contributed by atoms with Crippen molar-refractivity contribution >= 4 is 22.6 Å². The van der Waals surface area contributed by atoms with Gasteiger partial charge >= 0.3 is 6.03 Å². The number of aromatic nitrogens is 1. The van der Waals surface area contributed by atoms with Gasteiger partial charge in [-0.25, -0.2) is 9.80 Å². The lowest BCUT2D eigenvalue weighted by atomic mass is 10.00. The van der Waals surface area contributed by atoms with Crippen LogP contribution >= 0.6 is 0 Å². The highest BCUT2D eigenvalue weighted by Crippen LogP contribution is 2.22. The van der Waals surface area contributed by atoms with Crippen molar-refractivity contribution in [3.05, 3.63) is 36.5 Å². The summed E-state index contributed by atoms with van der Waals surface area (Å²) in [7, 11) is 0. The summed E-state index contributed by atoms with van der Waals surface area (Å²) in [4.78, 5) is 16.7. The Labute approximate surface area is 130 Å². The Kier molecular flexibility index (Phi) is 4.24. The Balaban J connectivity index is 1.73. The van der Waals surface area contributed by atoms with Gasteiger partial charge in [-0.15, -0.1) is 0 Å². The first-order valence-corrected chi connectivity index (χ1v) is 7.85. The number of hydrogen-bond donors (Lipinski definition) is 2. The fourth-order valence-corrected chi connectivity index (χ4v) is 3.11. The summed E-state index contributed by atoms with van der Waals surface area (Å²) in [5, 5.41) is 5.99. The summed E-state index contributed by atoms with van der Waals surface area (Å²) in [5.41, 5.74) is 4.52. The molecule has 1 aliphatic rings. The highest BCUT2D eigenvalue weighted by Gasteiger charge is 2.26. The van der Waals surface area contributed by atoms with Gasteiger partial charge in [0.05, 0.1) is 11.2 Å². The molecule has 5 nitrogen and oxygen atoms in total. The molecular weight excluding hydrogens is 276 g/mol. The van der Waals surface area contributed by atoms with Crippen molar-refractivity contribution in [1.29, 1.82) is 0 Å². The number of rotatable bonds is 2. The molecule has 3 rings (SSSR count). The van der Waals surface area contributed by atoms with Gasteiger partial charge < -0.3 is 5.32 Å². The standard InChI is InChI=1S/C17H22N4O/c1-12-6-3-7-13(2)21(12)20-17(22)19-15-10-4-8-14-9-5-11-18-16(14)15/h4-5,8-13H,3,6-7H2,1-2H3,(H2,19,20,22). The number of benzene rings is 1. The van der Waals surface area contributed by atoms with Crippen LogP contribution in [0.3, 0.4) is 0 Å². The van der Waals surface area contributed by atoms with E-state index >= 15 is 0 Å². The summed E-state index contributed by atoms with van der Waals surface area (Å²) >= 11 is 0. The second-order valence-electron chi connectivity index (χ2n) is 5.98. The number of amides is 2. The Bertz CT molecular complexity index is 657. The van der Waals surface area contributed by atoms with E-state index < -0.39 is 0 Å². The zero-order valence-corrected chi connectivity index (χ0v) is 13.0. The van der Waals surface area contributed by atoms with Crippen LogP contribution in [0.5, 0.6) is 0 Å². The number of carbonyl (C=O) groups excluding carboxylic acids is 1. The van der Waals surface area contributed by atoms with Crippen molar-refractivity contribution in [2.75, 3.05) is 5.32 Å². The lowest BCUT2D eigenvalue weighted by molar-refractivity contribution is 0.0625. The SMILES string of the molecule is CC1CCCC(C)N1NC(=O)Nc1cccc2cccnc12. The molecule has 0 bridgehead atoms. The molecule has 22 heavy (non-hydrogen) atoms. The van der Waals surface area contributed by atoms with Crippen molar-refractivity contribution in [3.63, 3.8) is 0 Å². The maximum Gasteiger partial charge on any atom is 0.333 e. The number of carbonyl (C=O) groups is 1. The van der Waals surface area contributed by atoms with Gasteiger partial charge in [0.1, 0.15) is 0 Å². The van der Waals surface area contributed by atoms with E-state index in [4.69, 9.17) is 0 Å². The average Bonchev–Trinajstić information content (AvgIpc) is 2.51. The van der Waals surface area contributed by atoms with E-state index in [1.807, 2.05) is 30.3 Å². The molecule has 1 saturated heterocycles. The number of fused-ring (bicyclic) bond motifs is 1. The minimum Gasteiger partial charge on any atom is -0.305 e. The summed E-state index contributed by atoms with van der Waals surface area (Å²) < 4.78 is 0. The van der Waals surface area contributed by atoms with Gasteiger partial charge in [-0.05, 0) is 38.8 Å².